The van der Waals surface area contributed by atoms with Crippen LogP contribution in [0.1, 0.15) is 0 Å². The van der Waals surface area contributed by atoms with E-state index in [0.29, 0.717) is 31.9 Å². The minimum absolute atomic E-state index is 0.138. The number of non-ortho nitro benzene ring substituents is 1. The van der Waals surface area contributed by atoms with Gasteiger partial charge in [0.15, 0.2) is 6.54 Å². The molecule has 0 aliphatic carbocycles. The molecule has 0 aromatic heterocycles. The average molecular weight is 394 g/mol. The number of carbonyl (C=O) groups is 1. The molecule has 0 bridgehead atoms. The number of benzene rings is 2. The molecule has 7 nitrogen and oxygen atoms in total. The average Bonchev–Trinajstić information content (AvgIpc) is 2.64. The molecule has 9 heteroatoms. The molecule has 1 amide bonds. The first kappa shape index (κ1) is 19.1. The first-order valence-corrected chi connectivity index (χ1v) is 8.88. The number of hydrogen-bond acceptors (Lipinski definition) is 4. The summed E-state index contributed by atoms with van der Waals surface area (Å²) in [6, 6.07) is 10.5. The number of nitrogens with zero attached hydrogens (tertiary/aromatic N) is 2. The summed E-state index contributed by atoms with van der Waals surface area (Å²) in [4.78, 5) is 25.6. The van der Waals surface area contributed by atoms with Gasteiger partial charge in [0.05, 0.1) is 47.5 Å². The largest absolute Gasteiger partial charge is 0.358 e. The number of nitrogens with one attached hydrogen (secondary N) is 2. The van der Waals surface area contributed by atoms with E-state index in [-0.39, 0.29) is 34.7 Å². The van der Waals surface area contributed by atoms with E-state index in [4.69, 9.17) is 11.6 Å². The van der Waals surface area contributed by atoms with Crippen molar-refractivity contribution in [2.75, 3.05) is 42.9 Å². The molecule has 0 spiro atoms. The Labute approximate surface area is 160 Å². The van der Waals surface area contributed by atoms with E-state index in [9.17, 15) is 19.3 Å². The van der Waals surface area contributed by atoms with Gasteiger partial charge in [0.1, 0.15) is 5.82 Å². The van der Waals surface area contributed by atoms with Crippen molar-refractivity contribution in [1.82, 2.24) is 0 Å². The number of nitro benzene ring substituents is 1. The molecule has 0 saturated carbocycles. The number of para-hydroxylation sites is 1. The summed E-state index contributed by atoms with van der Waals surface area (Å²) in [5.74, 6) is -0.522. The molecule has 2 aromatic carbocycles. The fraction of sp³-hybridized carbons (Fsp3) is 0.278. The third-order valence-electron chi connectivity index (χ3n) is 4.51. The maximum absolute atomic E-state index is 13.9. The van der Waals surface area contributed by atoms with E-state index < -0.39 is 4.92 Å². The summed E-state index contributed by atoms with van der Waals surface area (Å²) >= 11 is 6.00. The molecule has 2 N–H and O–H groups in total. The van der Waals surface area contributed by atoms with E-state index in [0.717, 1.165) is 4.90 Å². The molecule has 0 unspecified atom stereocenters. The first-order chi connectivity index (χ1) is 12.9. The number of anilines is 2. The number of hydrogen-bond donors (Lipinski definition) is 2. The van der Waals surface area contributed by atoms with Gasteiger partial charge in [0.25, 0.3) is 11.6 Å². The van der Waals surface area contributed by atoms with Gasteiger partial charge in [-0.1, -0.05) is 23.7 Å². The summed E-state index contributed by atoms with van der Waals surface area (Å²) in [6.45, 7) is 2.86. The van der Waals surface area contributed by atoms with Crippen LogP contribution in [-0.2, 0) is 4.79 Å². The van der Waals surface area contributed by atoms with Crippen molar-refractivity contribution in [3.05, 3.63) is 63.4 Å². The molecule has 1 saturated heterocycles. The van der Waals surface area contributed by atoms with Crippen LogP contribution in [0.5, 0.6) is 0 Å². The van der Waals surface area contributed by atoms with Crippen molar-refractivity contribution in [2.24, 2.45) is 0 Å². The van der Waals surface area contributed by atoms with Crippen LogP contribution < -0.4 is 15.1 Å². The number of halogens is 2. The van der Waals surface area contributed by atoms with Crippen LogP contribution in [-0.4, -0.2) is 43.6 Å². The Bertz CT molecular complexity index is 856. The molecular weight excluding hydrogens is 375 g/mol. The highest BCUT2D eigenvalue weighted by Crippen LogP contribution is 2.26. The molecule has 1 aliphatic heterocycles. The van der Waals surface area contributed by atoms with Crippen LogP contribution in [0.25, 0.3) is 0 Å². The van der Waals surface area contributed by atoms with Gasteiger partial charge in [0.2, 0.25) is 0 Å². The van der Waals surface area contributed by atoms with Crippen molar-refractivity contribution in [1.29, 1.82) is 0 Å². The zero-order valence-corrected chi connectivity index (χ0v) is 15.2. The summed E-state index contributed by atoms with van der Waals surface area (Å²) in [5, 5.41) is 13.7. The van der Waals surface area contributed by atoms with Gasteiger partial charge in [-0.05, 0) is 18.2 Å². The Morgan fingerprint density at radius 1 is 1.26 bits per heavy atom. The quantitative estimate of drug-likeness (QED) is 0.599. The van der Waals surface area contributed by atoms with Crippen LogP contribution in [0.4, 0.5) is 21.5 Å². The molecule has 3 rings (SSSR count). The number of amides is 1. The van der Waals surface area contributed by atoms with Gasteiger partial charge >= 0.3 is 0 Å². The summed E-state index contributed by atoms with van der Waals surface area (Å²) in [7, 11) is 0. The smallest absolute Gasteiger partial charge is 0.279 e. The van der Waals surface area contributed by atoms with Crippen molar-refractivity contribution in [3.8, 4) is 0 Å². The lowest BCUT2D eigenvalue weighted by Crippen LogP contribution is -3.15. The van der Waals surface area contributed by atoms with Crippen LogP contribution in [0.2, 0.25) is 5.02 Å². The highest BCUT2D eigenvalue weighted by atomic mass is 35.5. The van der Waals surface area contributed by atoms with Gasteiger partial charge in [-0.15, -0.1) is 0 Å². The molecule has 1 aliphatic rings. The Balaban J connectivity index is 1.55. The zero-order valence-electron chi connectivity index (χ0n) is 14.5. The molecule has 1 fully saturated rings. The van der Waals surface area contributed by atoms with Gasteiger partial charge in [-0.3, -0.25) is 14.9 Å². The first-order valence-electron chi connectivity index (χ1n) is 8.51. The highest BCUT2D eigenvalue weighted by molar-refractivity contribution is 6.33. The Morgan fingerprint density at radius 2 is 1.96 bits per heavy atom. The lowest BCUT2D eigenvalue weighted by atomic mass is 10.2. The fourth-order valence-electron chi connectivity index (χ4n) is 3.09. The van der Waals surface area contributed by atoms with Gasteiger partial charge in [0, 0.05) is 12.1 Å². The number of nitro groups is 1. The zero-order chi connectivity index (χ0) is 19.4. The van der Waals surface area contributed by atoms with Gasteiger partial charge < -0.3 is 15.1 Å². The van der Waals surface area contributed by atoms with Crippen LogP contribution in [0.15, 0.2) is 42.5 Å². The number of quaternary nitrogens is 1. The fourth-order valence-corrected chi connectivity index (χ4v) is 3.26. The Morgan fingerprint density at radius 3 is 2.63 bits per heavy atom. The van der Waals surface area contributed by atoms with Crippen molar-refractivity contribution in [2.45, 2.75) is 0 Å². The maximum atomic E-state index is 13.9. The number of carbonyl (C=O) groups excluding carboxylic acids is 1. The molecule has 0 atom stereocenters. The lowest BCUT2D eigenvalue weighted by molar-refractivity contribution is -0.892. The SMILES string of the molecule is O=C(C[NH+]1CCN(c2ccccc2F)CC1)Nc1cc([N+](=O)[O-])ccc1Cl. The Hall–Kier alpha value is -2.71. The Kier molecular flexibility index (Phi) is 5.88. The van der Waals surface area contributed by atoms with Crippen molar-refractivity contribution < 1.29 is 19.0 Å². The van der Waals surface area contributed by atoms with E-state index >= 15 is 0 Å². The van der Waals surface area contributed by atoms with Gasteiger partial charge in [-0.2, -0.15) is 0 Å². The van der Waals surface area contributed by atoms with Gasteiger partial charge in [-0.25, -0.2) is 4.39 Å². The van der Waals surface area contributed by atoms with E-state index in [2.05, 4.69) is 5.32 Å². The van der Waals surface area contributed by atoms with Crippen molar-refractivity contribution in [3.63, 3.8) is 0 Å². The van der Waals surface area contributed by atoms with E-state index in [1.54, 1.807) is 18.2 Å². The number of piperazine rings is 1. The van der Waals surface area contributed by atoms with Crippen LogP contribution >= 0.6 is 11.6 Å². The predicted octanol–water partition coefficient (Wildman–Crippen LogP) is 1.73. The molecule has 142 valence electrons. The van der Waals surface area contributed by atoms with E-state index in [1.807, 2.05) is 4.90 Å². The monoisotopic (exact) mass is 393 g/mol. The third kappa shape index (κ3) is 4.72. The molecular formula is C18H19ClFN4O3+. The lowest BCUT2D eigenvalue weighted by Gasteiger charge is -2.33. The third-order valence-corrected chi connectivity index (χ3v) is 4.84. The van der Waals surface area contributed by atoms with E-state index in [1.165, 1.54) is 24.3 Å². The molecule has 1 heterocycles. The topological polar surface area (TPSA) is 79.9 Å². The predicted molar refractivity (Wildman–Crippen MR) is 101 cm³/mol. The second kappa shape index (κ2) is 8.32. The summed E-state index contributed by atoms with van der Waals surface area (Å²) in [5.41, 5.74) is 0.658. The minimum Gasteiger partial charge on any atom is -0.358 e. The standard InChI is InChI=1S/C18H18ClFN4O3/c19-14-6-5-13(24(26)27)11-16(14)21-18(25)12-22-7-9-23(10-8-22)17-4-2-1-3-15(17)20/h1-6,11H,7-10,12H2,(H,21,25)/p+1. The summed E-state index contributed by atoms with van der Waals surface area (Å²) in [6.07, 6.45) is 0. The maximum Gasteiger partial charge on any atom is 0.279 e. The molecule has 0 radical (unpaired) electrons. The molecule has 2 aromatic rings. The summed E-state index contributed by atoms with van der Waals surface area (Å²) < 4.78 is 13.9. The second-order valence-electron chi connectivity index (χ2n) is 6.33. The van der Waals surface area contributed by atoms with Crippen LogP contribution in [0.3, 0.4) is 0 Å². The normalized spacial score (nSPS) is 14.8. The highest BCUT2D eigenvalue weighted by Gasteiger charge is 2.24. The van der Waals surface area contributed by atoms with Crippen molar-refractivity contribution >= 4 is 34.6 Å². The molecule has 27 heavy (non-hydrogen) atoms. The second-order valence-corrected chi connectivity index (χ2v) is 6.74. The number of rotatable bonds is 5. The van der Waals surface area contributed by atoms with Crippen LogP contribution in [0, 0.1) is 15.9 Å². The minimum atomic E-state index is -0.542.